The monoisotopic (exact) mass is 375 g/mol. The molecule has 0 saturated carbocycles. The van der Waals surface area contributed by atoms with Crippen LogP contribution in [0.15, 0.2) is 41.5 Å². The van der Waals surface area contributed by atoms with Gasteiger partial charge in [-0.3, -0.25) is 9.79 Å². The molecule has 0 fully saturated rings. The molecule has 0 aliphatic carbocycles. The van der Waals surface area contributed by atoms with Gasteiger partial charge in [0.1, 0.15) is 0 Å². The van der Waals surface area contributed by atoms with Crippen LogP contribution in [-0.2, 0) is 20.1 Å². The number of aryl methyl sites for hydroxylation is 1. The van der Waals surface area contributed by atoms with Crippen LogP contribution < -0.4 is 10.6 Å². The van der Waals surface area contributed by atoms with Gasteiger partial charge in [0.2, 0.25) is 0 Å². The Balaban J connectivity index is 1.93. The maximum Gasteiger partial charge on any atom is 0.251 e. The molecule has 26 heavy (non-hydrogen) atoms. The van der Waals surface area contributed by atoms with Gasteiger partial charge < -0.3 is 20.1 Å². The van der Waals surface area contributed by atoms with Gasteiger partial charge in [0, 0.05) is 51.7 Å². The van der Waals surface area contributed by atoms with Gasteiger partial charge in [0.25, 0.3) is 5.91 Å². The Labute approximate surface area is 159 Å². The lowest BCUT2D eigenvalue weighted by molar-refractivity contribution is 0.0956. The van der Waals surface area contributed by atoms with Crippen LogP contribution in [0.5, 0.6) is 0 Å². The molecule has 0 bridgehead atoms. The van der Waals surface area contributed by atoms with Gasteiger partial charge in [0.15, 0.2) is 5.96 Å². The summed E-state index contributed by atoms with van der Waals surface area (Å²) in [5, 5.41) is 6.86. The summed E-state index contributed by atoms with van der Waals surface area (Å²) < 4.78 is 2.01. The fraction of sp³-hybridized carbons (Fsp3) is 0.368. The third-order valence-corrected chi connectivity index (χ3v) is 4.26. The molecule has 0 atom stereocenters. The second-order valence-electron chi connectivity index (χ2n) is 6.07. The summed E-state index contributed by atoms with van der Waals surface area (Å²) >= 11 is 6.04. The number of hydrogen-bond donors (Lipinski definition) is 2. The smallest absolute Gasteiger partial charge is 0.251 e. The molecular formula is C19H26ClN5O. The van der Waals surface area contributed by atoms with Crippen molar-refractivity contribution >= 4 is 23.5 Å². The minimum absolute atomic E-state index is 0.0521. The van der Waals surface area contributed by atoms with Crippen LogP contribution in [0.25, 0.3) is 0 Å². The van der Waals surface area contributed by atoms with E-state index in [4.69, 9.17) is 11.6 Å². The molecule has 0 aliphatic rings. The quantitative estimate of drug-likeness (QED) is 0.602. The second kappa shape index (κ2) is 9.29. The van der Waals surface area contributed by atoms with Crippen molar-refractivity contribution in [2.45, 2.75) is 20.0 Å². The number of hydrogen-bond acceptors (Lipinski definition) is 2. The first-order valence-electron chi connectivity index (χ1n) is 8.54. The van der Waals surface area contributed by atoms with E-state index in [-0.39, 0.29) is 5.91 Å². The number of carbonyl (C=O) groups excluding carboxylic acids is 1. The van der Waals surface area contributed by atoms with Crippen molar-refractivity contribution in [3.63, 3.8) is 0 Å². The van der Waals surface area contributed by atoms with Crippen LogP contribution in [0.4, 0.5) is 0 Å². The standard InChI is InChI=1S/C19H26ClN5O/c1-5-22-18(26)15-8-6-14(7-9-15)11-23-19(21-2)25(4)13-17-10-16(20)12-24(17)3/h6-10,12H,5,11,13H2,1-4H3,(H,21,23)(H,22,26). The van der Waals surface area contributed by atoms with Gasteiger partial charge in [-0.15, -0.1) is 0 Å². The molecule has 6 nitrogen and oxygen atoms in total. The first-order valence-corrected chi connectivity index (χ1v) is 8.92. The fourth-order valence-electron chi connectivity index (χ4n) is 2.64. The minimum atomic E-state index is -0.0521. The number of nitrogens with one attached hydrogen (secondary N) is 2. The van der Waals surface area contributed by atoms with Gasteiger partial charge in [0.05, 0.1) is 11.6 Å². The largest absolute Gasteiger partial charge is 0.352 e. The van der Waals surface area contributed by atoms with E-state index in [9.17, 15) is 4.79 Å². The van der Waals surface area contributed by atoms with Crippen LogP contribution in [0.1, 0.15) is 28.5 Å². The highest BCUT2D eigenvalue weighted by Gasteiger charge is 2.10. The van der Waals surface area contributed by atoms with Gasteiger partial charge in [-0.2, -0.15) is 0 Å². The number of amides is 1. The topological polar surface area (TPSA) is 61.7 Å². The SMILES string of the molecule is CCNC(=O)c1ccc(CNC(=NC)N(C)Cc2cc(Cl)cn2C)cc1. The molecule has 140 valence electrons. The predicted octanol–water partition coefficient (Wildman–Crippen LogP) is 2.64. The Morgan fingerprint density at radius 3 is 2.50 bits per heavy atom. The molecule has 0 spiro atoms. The molecule has 0 saturated heterocycles. The Kier molecular flexibility index (Phi) is 7.09. The third kappa shape index (κ3) is 5.26. The molecule has 0 aliphatic heterocycles. The van der Waals surface area contributed by atoms with Crippen molar-refractivity contribution in [1.82, 2.24) is 20.1 Å². The molecule has 7 heteroatoms. The summed E-state index contributed by atoms with van der Waals surface area (Å²) in [6.45, 7) is 3.85. The summed E-state index contributed by atoms with van der Waals surface area (Å²) in [4.78, 5) is 18.2. The second-order valence-corrected chi connectivity index (χ2v) is 6.51. The molecule has 1 amide bonds. The van der Waals surface area contributed by atoms with E-state index >= 15 is 0 Å². The summed E-state index contributed by atoms with van der Waals surface area (Å²) in [5.74, 6) is 0.735. The molecule has 2 aromatic rings. The van der Waals surface area contributed by atoms with E-state index < -0.39 is 0 Å². The fourth-order valence-corrected chi connectivity index (χ4v) is 2.92. The zero-order valence-electron chi connectivity index (χ0n) is 15.7. The molecule has 0 radical (unpaired) electrons. The number of nitrogens with zero attached hydrogens (tertiary/aromatic N) is 3. The highest BCUT2D eigenvalue weighted by atomic mass is 35.5. The number of carbonyl (C=O) groups is 1. The highest BCUT2D eigenvalue weighted by molar-refractivity contribution is 6.30. The highest BCUT2D eigenvalue weighted by Crippen LogP contribution is 2.14. The maximum absolute atomic E-state index is 11.8. The number of guanidine groups is 1. The van der Waals surface area contributed by atoms with Crippen LogP contribution in [-0.4, -0.2) is 42.0 Å². The van der Waals surface area contributed by atoms with Gasteiger partial charge >= 0.3 is 0 Å². The summed E-state index contributed by atoms with van der Waals surface area (Å²) in [6, 6.07) is 9.51. The van der Waals surface area contributed by atoms with E-state index in [0.717, 1.165) is 22.2 Å². The Morgan fingerprint density at radius 2 is 1.96 bits per heavy atom. The molecule has 2 N–H and O–H groups in total. The molecule has 1 aromatic heterocycles. The first-order chi connectivity index (χ1) is 12.4. The normalized spacial score (nSPS) is 11.3. The number of aliphatic imine (C=N–C) groups is 1. The van der Waals surface area contributed by atoms with Crippen molar-refractivity contribution in [3.8, 4) is 0 Å². The molecule has 2 rings (SSSR count). The van der Waals surface area contributed by atoms with Crippen molar-refractivity contribution in [1.29, 1.82) is 0 Å². The lowest BCUT2D eigenvalue weighted by atomic mass is 10.1. The van der Waals surface area contributed by atoms with E-state index in [1.807, 2.05) is 67.0 Å². The van der Waals surface area contributed by atoms with Crippen molar-refractivity contribution in [3.05, 3.63) is 58.4 Å². The van der Waals surface area contributed by atoms with Gasteiger partial charge in [-0.05, 0) is 30.7 Å². The van der Waals surface area contributed by atoms with Gasteiger partial charge in [-0.1, -0.05) is 23.7 Å². The predicted molar refractivity (Wildman–Crippen MR) is 107 cm³/mol. The molecule has 1 heterocycles. The molecular weight excluding hydrogens is 350 g/mol. The van der Waals surface area contributed by atoms with Crippen LogP contribution in [0.2, 0.25) is 5.02 Å². The number of benzene rings is 1. The molecule has 1 aromatic carbocycles. The molecule has 0 unspecified atom stereocenters. The summed E-state index contributed by atoms with van der Waals surface area (Å²) in [5.41, 5.74) is 2.85. The summed E-state index contributed by atoms with van der Waals surface area (Å²) in [6.07, 6.45) is 1.89. The zero-order valence-corrected chi connectivity index (χ0v) is 16.5. The Hall–Kier alpha value is -2.47. The lowest BCUT2D eigenvalue weighted by Gasteiger charge is -2.22. The Bertz CT molecular complexity index is 767. The first kappa shape index (κ1) is 19.8. The van der Waals surface area contributed by atoms with E-state index in [0.29, 0.717) is 25.2 Å². The average Bonchev–Trinajstić information content (AvgIpc) is 2.93. The number of halogens is 1. The van der Waals surface area contributed by atoms with Gasteiger partial charge in [-0.25, -0.2) is 0 Å². The zero-order chi connectivity index (χ0) is 19.1. The van der Waals surface area contributed by atoms with Crippen LogP contribution in [0.3, 0.4) is 0 Å². The van der Waals surface area contributed by atoms with Crippen LogP contribution >= 0.6 is 11.6 Å². The third-order valence-electron chi connectivity index (χ3n) is 4.05. The van der Waals surface area contributed by atoms with E-state index in [1.165, 1.54) is 0 Å². The average molecular weight is 376 g/mol. The number of aromatic nitrogens is 1. The van der Waals surface area contributed by atoms with Crippen LogP contribution in [0, 0.1) is 0 Å². The lowest BCUT2D eigenvalue weighted by Crippen LogP contribution is -2.38. The maximum atomic E-state index is 11.8. The van der Waals surface area contributed by atoms with Crippen molar-refractivity contribution < 1.29 is 4.79 Å². The van der Waals surface area contributed by atoms with Crippen molar-refractivity contribution in [2.24, 2.45) is 12.0 Å². The van der Waals surface area contributed by atoms with E-state index in [2.05, 4.69) is 15.6 Å². The number of rotatable bonds is 6. The Morgan fingerprint density at radius 1 is 1.27 bits per heavy atom. The van der Waals surface area contributed by atoms with E-state index in [1.54, 1.807) is 7.05 Å². The minimum Gasteiger partial charge on any atom is -0.352 e. The summed E-state index contributed by atoms with van der Waals surface area (Å²) in [7, 11) is 5.71. The van der Waals surface area contributed by atoms with Crippen molar-refractivity contribution in [2.75, 3.05) is 20.6 Å².